The average Bonchev–Trinajstić information content (AvgIpc) is 3.01. The molecule has 0 aliphatic carbocycles. The Kier molecular flexibility index (Phi) is 5.24. The number of amides is 1. The highest BCUT2D eigenvalue weighted by molar-refractivity contribution is 9.10. The molecule has 2 atom stereocenters. The predicted octanol–water partition coefficient (Wildman–Crippen LogP) is 5.15. The number of nitrogens with zero attached hydrogens (tertiary/aromatic N) is 1. The number of carbonyl (C=O) groups excluding carboxylic acids is 2. The van der Waals surface area contributed by atoms with E-state index in [9.17, 15) is 9.59 Å². The van der Waals surface area contributed by atoms with Gasteiger partial charge >= 0.3 is 5.97 Å². The molecule has 1 saturated heterocycles. The van der Waals surface area contributed by atoms with Gasteiger partial charge in [-0.25, -0.2) is 4.79 Å². The molecule has 0 spiro atoms. The molecule has 0 unspecified atom stereocenters. The van der Waals surface area contributed by atoms with Gasteiger partial charge in [0.05, 0.1) is 0 Å². The van der Waals surface area contributed by atoms with Crippen molar-refractivity contribution >= 4 is 27.8 Å². The highest BCUT2D eigenvalue weighted by atomic mass is 79.9. The molecular formula is C24H20BrNO3. The number of benzene rings is 3. The minimum Gasteiger partial charge on any atom is -0.435 e. The highest BCUT2D eigenvalue weighted by Gasteiger charge is 2.55. The minimum atomic E-state index is -1.12. The summed E-state index contributed by atoms with van der Waals surface area (Å²) in [7, 11) is 0. The molecule has 0 bridgehead atoms. The Morgan fingerprint density at radius 1 is 0.966 bits per heavy atom. The van der Waals surface area contributed by atoms with E-state index in [1.54, 1.807) is 24.0 Å². The molecule has 1 heterocycles. The Bertz CT molecular complexity index is 1020. The van der Waals surface area contributed by atoms with Crippen molar-refractivity contribution in [1.29, 1.82) is 0 Å². The zero-order valence-corrected chi connectivity index (χ0v) is 17.5. The lowest BCUT2D eigenvalue weighted by Crippen LogP contribution is -2.51. The van der Waals surface area contributed by atoms with Crippen LogP contribution in [0.2, 0.25) is 0 Å². The van der Waals surface area contributed by atoms with E-state index >= 15 is 0 Å². The summed E-state index contributed by atoms with van der Waals surface area (Å²) in [4.78, 5) is 28.2. The summed E-state index contributed by atoms with van der Waals surface area (Å²) in [5.74, 6) is -0.636. The Balaban J connectivity index is 1.78. The Morgan fingerprint density at radius 3 is 2.17 bits per heavy atom. The number of carbonyl (C=O) groups is 2. The van der Waals surface area contributed by atoms with Gasteiger partial charge in [-0.1, -0.05) is 76.6 Å². The minimum absolute atomic E-state index is 0.232. The Labute approximate surface area is 178 Å². The van der Waals surface area contributed by atoms with Crippen LogP contribution in [0, 0.1) is 0 Å². The van der Waals surface area contributed by atoms with Gasteiger partial charge in [-0.15, -0.1) is 0 Å². The van der Waals surface area contributed by atoms with Crippen molar-refractivity contribution in [3.8, 4) is 0 Å². The maximum atomic E-state index is 13.5. The predicted molar refractivity (Wildman–Crippen MR) is 114 cm³/mol. The maximum absolute atomic E-state index is 13.5. The summed E-state index contributed by atoms with van der Waals surface area (Å²) >= 11 is 3.43. The SMILES string of the molecule is C[C@@]1(Cc2ccc(Br)cc2)C(=O)O[C@@H](c2ccccc2)N1C(=O)c1ccccc1. The van der Waals surface area contributed by atoms with Crippen LogP contribution in [0.25, 0.3) is 0 Å². The third-order valence-electron chi connectivity index (χ3n) is 5.21. The van der Waals surface area contributed by atoms with Gasteiger partial charge in [-0.05, 0) is 36.8 Å². The number of hydrogen-bond donors (Lipinski definition) is 0. The van der Waals surface area contributed by atoms with Crippen molar-refractivity contribution in [3.63, 3.8) is 0 Å². The van der Waals surface area contributed by atoms with Gasteiger partial charge in [0, 0.05) is 22.0 Å². The summed E-state index contributed by atoms with van der Waals surface area (Å²) in [6.45, 7) is 1.78. The number of cyclic esters (lactones) is 1. The molecule has 3 aromatic carbocycles. The number of ether oxygens (including phenoxy) is 1. The standard InChI is InChI=1S/C24H20BrNO3/c1-24(16-17-12-14-20(25)15-13-17)23(28)29-22(19-10-6-3-7-11-19)26(24)21(27)18-8-4-2-5-9-18/h2-15,22H,16H2,1H3/t22-,24+/m0/s1. The van der Waals surface area contributed by atoms with Crippen LogP contribution in [0.4, 0.5) is 0 Å². The molecule has 29 heavy (non-hydrogen) atoms. The zero-order chi connectivity index (χ0) is 20.4. The van der Waals surface area contributed by atoms with Gasteiger partial charge in [0.1, 0.15) is 5.54 Å². The molecule has 0 N–H and O–H groups in total. The topological polar surface area (TPSA) is 46.6 Å². The van der Waals surface area contributed by atoms with Crippen LogP contribution in [-0.2, 0) is 16.0 Å². The number of rotatable bonds is 4. The van der Waals surface area contributed by atoms with Gasteiger partial charge in [0.2, 0.25) is 6.23 Å². The fourth-order valence-electron chi connectivity index (χ4n) is 3.68. The van der Waals surface area contributed by atoms with Crippen LogP contribution in [0.5, 0.6) is 0 Å². The van der Waals surface area contributed by atoms with E-state index in [0.29, 0.717) is 12.0 Å². The van der Waals surface area contributed by atoms with Gasteiger partial charge in [-0.3, -0.25) is 9.69 Å². The van der Waals surface area contributed by atoms with Crippen LogP contribution in [-0.4, -0.2) is 22.3 Å². The van der Waals surface area contributed by atoms with Gasteiger partial charge in [-0.2, -0.15) is 0 Å². The lowest BCUT2D eigenvalue weighted by molar-refractivity contribution is -0.145. The van der Waals surface area contributed by atoms with Crippen LogP contribution in [0.3, 0.4) is 0 Å². The van der Waals surface area contributed by atoms with E-state index < -0.39 is 17.7 Å². The van der Waals surface area contributed by atoms with Crippen molar-refractivity contribution in [2.24, 2.45) is 0 Å². The Hall–Kier alpha value is -2.92. The number of esters is 1. The third-order valence-corrected chi connectivity index (χ3v) is 5.74. The quantitative estimate of drug-likeness (QED) is 0.517. The second kappa shape index (κ2) is 7.84. The summed E-state index contributed by atoms with van der Waals surface area (Å²) < 4.78 is 6.73. The van der Waals surface area contributed by atoms with E-state index in [1.165, 1.54) is 0 Å². The first-order valence-corrected chi connectivity index (χ1v) is 10.2. The van der Waals surface area contributed by atoms with E-state index in [1.807, 2.05) is 72.8 Å². The van der Waals surface area contributed by atoms with E-state index in [0.717, 1.165) is 15.6 Å². The summed E-state index contributed by atoms with van der Waals surface area (Å²) in [5, 5.41) is 0. The van der Waals surface area contributed by atoms with E-state index in [2.05, 4.69) is 15.9 Å². The molecular weight excluding hydrogens is 430 g/mol. The molecule has 0 aromatic heterocycles. The molecule has 1 aliphatic heterocycles. The van der Waals surface area contributed by atoms with Crippen molar-refractivity contribution in [2.45, 2.75) is 25.1 Å². The molecule has 4 nitrogen and oxygen atoms in total. The first-order valence-electron chi connectivity index (χ1n) is 9.38. The maximum Gasteiger partial charge on any atom is 0.334 e. The zero-order valence-electron chi connectivity index (χ0n) is 15.9. The lowest BCUT2D eigenvalue weighted by Gasteiger charge is -2.34. The van der Waals surface area contributed by atoms with Crippen molar-refractivity contribution in [2.75, 3.05) is 0 Å². The molecule has 1 amide bonds. The third kappa shape index (κ3) is 3.70. The van der Waals surface area contributed by atoms with Gasteiger partial charge in [0.25, 0.3) is 5.91 Å². The van der Waals surface area contributed by atoms with Crippen LogP contribution < -0.4 is 0 Å². The molecule has 146 valence electrons. The molecule has 5 heteroatoms. The van der Waals surface area contributed by atoms with Crippen LogP contribution >= 0.6 is 15.9 Å². The summed E-state index contributed by atoms with van der Waals surface area (Å²) in [6.07, 6.45) is -0.405. The summed E-state index contributed by atoms with van der Waals surface area (Å²) in [6, 6.07) is 26.1. The molecule has 3 aromatic rings. The van der Waals surface area contributed by atoms with Crippen LogP contribution in [0.15, 0.2) is 89.4 Å². The van der Waals surface area contributed by atoms with E-state index in [4.69, 9.17) is 4.74 Å². The number of halogens is 1. The fraction of sp³-hybridized carbons (Fsp3) is 0.167. The Morgan fingerprint density at radius 2 is 1.55 bits per heavy atom. The molecule has 0 saturated carbocycles. The van der Waals surface area contributed by atoms with Crippen molar-refractivity contribution in [1.82, 2.24) is 4.90 Å². The fourth-order valence-corrected chi connectivity index (χ4v) is 3.94. The molecule has 1 fully saturated rings. The lowest BCUT2D eigenvalue weighted by atomic mass is 9.90. The van der Waals surface area contributed by atoms with Crippen molar-refractivity contribution in [3.05, 3.63) is 106 Å². The van der Waals surface area contributed by atoms with Gasteiger partial charge in [0.15, 0.2) is 0 Å². The normalized spacial score (nSPS) is 21.1. The molecule has 1 aliphatic rings. The first kappa shape index (κ1) is 19.4. The van der Waals surface area contributed by atoms with Crippen LogP contribution in [0.1, 0.15) is 34.6 Å². The largest absolute Gasteiger partial charge is 0.435 e. The molecule has 4 rings (SSSR count). The van der Waals surface area contributed by atoms with Gasteiger partial charge < -0.3 is 4.74 Å². The second-order valence-electron chi connectivity index (χ2n) is 7.29. The second-order valence-corrected chi connectivity index (χ2v) is 8.20. The monoisotopic (exact) mass is 449 g/mol. The summed E-state index contributed by atoms with van der Waals surface area (Å²) in [5.41, 5.74) is 1.12. The average molecular weight is 450 g/mol. The highest BCUT2D eigenvalue weighted by Crippen LogP contribution is 2.41. The van der Waals surface area contributed by atoms with E-state index in [-0.39, 0.29) is 5.91 Å². The smallest absolute Gasteiger partial charge is 0.334 e. The first-order chi connectivity index (χ1) is 14.0. The number of hydrogen-bond acceptors (Lipinski definition) is 3. The van der Waals surface area contributed by atoms with Crippen molar-refractivity contribution < 1.29 is 14.3 Å². The molecule has 0 radical (unpaired) electrons.